The second-order valence-electron chi connectivity index (χ2n) is 19.2. The Bertz CT molecular complexity index is 2690. The quantitative estimate of drug-likeness (QED) is 0.0454. The molecule has 9 rings (SSSR count). The van der Waals surface area contributed by atoms with Crippen molar-refractivity contribution in [1.82, 2.24) is 16.0 Å². The molecule has 4 aromatic carbocycles. The number of hydrogen-bond acceptors (Lipinski definition) is 12. The van der Waals surface area contributed by atoms with Crippen LogP contribution in [0.5, 0.6) is 28.7 Å². The standard InChI is InChI=1S/C56H67N5O7/c1-7-33-23-44-40(17-16-34-12-9-10-14-46(34)60-8-2)36-20-21-56(27-36)28-37-22-38(63)25-50(65-6)51(37)42-19-18-41-45(31-66-32(3)62)53(68-54(41)52(42)56)43-26-49(67-39(29-58-4)30-59-5)48(64)24-35(43)13-11-15-47(44)61-55(33)57/h9-10,12,14,18-19,22-26,36,39-40,45,53,55,58-61,63-64H,7-8,13,16-17,20-21,27-31,57H2,1-6H3. The van der Waals surface area contributed by atoms with Gasteiger partial charge in [0.25, 0.3) is 0 Å². The number of dihydropyridines is 1. The number of aryl methyl sites for hydroxylation is 1. The van der Waals surface area contributed by atoms with Gasteiger partial charge in [0.15, 0.2) is 11.5 Å². The van der Waals surface area contributed by atoms with Crippen molar-refractivity contribution in [3.8, 4) is 51.7 Å². The number of carbonyl (C=O) groups is 1. The zero-order chi connectivity index (χ0) is 47.7. The number of carbonyl (C=O) groups excluding carboxylic acids is 1. The third kappa shape index (κ3) is 8.88. The summed E-state index contributed by atoms with van der Waals surface area (Å²) in [6, 6.07) is 20.2. The molecule has 5 aliphatic rings. The molecule has 68 heavy (non-hydrogen) atoms. The number of ether oxygens (including phenoxy) is 4. The summed E-state index contributed by atoms with van der Waals surface area (Å²) in [5.74, 6) is 8.63. The topological polar surface area (TPSA) is 169 Å². The van der Waals surface area contributed by atoms with Crippen LogP contribution in [0.4, 0.5) is 5.69 Å². The number of aromatic hydroxyl groups is 2. The van der Waals surface area contributed by atoms with Gasteiger partial charge in [0, 0.05) is 72.4 Å². The summed E-state index contributed by atoms with van der Waals surface area (Å²) >= 11 is 0. The van der Waals surface area contributed by atoms with Gasteiger partial charge in [-0.2, -0.15) is 0 Å². The number of esters is 1. The third-order valence-corrected chi connectivity index (χ3v) is 15.0. The Morgan fingerprint density at radius 1 is 1.01 bits per heavy atom. The van der Waals surface area contributed by atoms with Crippen molar-refractivity contribution in [2.24, 2.45) is 17.6 Å². The molecule has 6 unspecified atom stereocenters. The van der Waals surface area contributed by atoms with Crippen LogP contribution >= 0.6 is 0 Å². The second kappa shape index (κ2) is 19.8. The fraction of sp³-hybridized carbons (Fsp3) is 0.446. The minimum atomic E-state index is -0.624. The number of methoxy groups -OCH3 is 1. The van der Waals surface area contributed by atoms with Crippen LogP contribution in [0.1, 0.15) is 98.3 Å². The highest BCUT2D eigenvalue weighted by Gasteiger charge is 2.52. The van der Waals surface area contributed by atoms with E-state index in [0.29, 0.717) is 31.0 Å². The van der Waals surface area contributed by atoms with Gasteiger partial charge in [-0.1, -0.05) is 49.3 Å². The molecule has 2 aliphatic carbocycles. The number of hydrogen-bond donors (Lipinski definition) is 7. The SMILES string of the molecule is CCNc1ccccc1CCC1C2=C(C#CCc3cc(O)c(OC(CNC)CNC)cc3C3Oc4c(ccc5c4C4(CCC1C4)Cc1cc(O)cc(OC)c1-5)C3COC(C)=O)NC(N)C(CC)=C2. The summed E-state index contributed by atoms with van der Waals surface area (Å²) in [4.78, 5) is 12.7. The molecular weight excluding hydrogens is 855 g/mol. The molecule has 0 amide bonds. The lowest BCUT2D eigenvalue weighted by molar-refractivity contribution is -0.141. The Morgan fingerprint density at radius 2 is 1.82 bits per heavy atom. The number of para-hydroxylation sites is 1. The molecule has 6 atom stereocenters. The second-order valence-corrected chi connectivity index (χ2v) is 19.2. The normalized spacial score (nSPS) is 23.1. The molecule has 0 saturated heterocycles. The molecule has 12 nitrogen and oxygen atoms in total. The van der Waals surface area contributed by atoms with Crippen LogP contribution in [-0.2, 0) is 34.2 Å². The van der Waals surface area contributed by atoms with E-state index < -0.39 is 12.0 Å². The number of nitrogens with two attached hydrogens (primary N) is 1. The zero-order valence-electron chi connectivity index (χ0n) is 40.3. The Labute approximate surface area is 401 Å². The Kier molecular flexibility index (Phi) is 13.7. The van der Waals surface area contributed by atoms with Gasteiger partial charge in [-0.3, -0.25) is 4.79 Å². The molecule has 4 bridgehead atoms. The maximum absolute atomic E-state index is 12.7. The predicted octanol–water partition coefficient (Wildman–Crippen LogP) is 8.05. The molecule has 12 heteroatoms. The van der Waals surface area contributed by atoms with Gasteiger partial charge in [0.05, 0.1) is 24.9 Å². The van der Waals surface area contributed by atoms with E-state index in [1.165, 1.54) is 18.1 Å². The highest BCUT2D eigenvalue weighted by Crippen LogP contribution is 2.63. The van der Waals surface area contributed by atoms with Gasteiger partial charge in [-0.05, 0) is 141 Å². The first-order valence-corrected chi connectivity index (χ1v) is 24.5. The van der Waals surface area contributed by atoms with Crippen molar-refractivity contribution in [1.29, 1.82) is 0 Å². The third-order valence-electron chi connectivity index (χ3n) is 15.0. The van der Waals surface area contributed by atoms with Gasteiger partial charge in [0.2, 0.25) is 0 Å². The fourth-order valence-electron chi connectivity index (χ4n) is 12.0. The van der Waals surface area contributed by atoms with Crippen LogP contribution < -0.4 is 41.2 Å². The molecule has 1 fully saturated rings. The summed E-state index contributed by atoms with van der Waals surface area (Å²) in [5.41, 5.74) is 18.8. The van der Waals surface area contributed by atoms with Gasteiger partial charge in [0.1, 0.15) is 36.1 Å². The number of likely N-dealkylation sites (N-methyl/N-ethyl adjacent to an activating group) is 2. The van der Waals surface area contributed by atoms with E-state index in [1.54, 1.807) is 19.2 Å². The number of anilines is 1. The van der Waals surface area contributed by atoms with E-state index in [0.717, 1.165) is 107 Å². The highest BCUT2D eigenvalue weighted by atomic mass is 16.5. The van der Waals surface area contributed by atoms with E-state index in [2.05, 4.69) is 89.4 Å². The molecule has 4 aromatic rings. The first-order valence-electron chi connectivity index (χ1n) is 24.5. The average Bonchev–Trinajstić information content (AvgIpc) is 3.91. The van der Waals surface area contributed by atoms with Crippen LogP contribution in [0, 0.1) is 23.7 Å². The van der Waals surface area contributed by atoms with Crippen molar-refractivity contribution in [2.75, 3.05) is 52.8 Å². The molecule has 0 aromatic heterocycles. The van der Waals surface area contributed by atoms with E-state index in [4.69, 9.17) is 24.7 Å². The lowest BCUT2D eigenvalue weighted by Crippen LogP contribution is -2.42. The van der Waals surface area contributed by atoms with Crippen molar-refractivity contribution < 1.29 is 34.0 Å². The van der Waals surface area contributed by atoms with Crippen LogP contribution in [0.3, 0.4) is 0 Å². The van der Waals surface area contributed by atoms with Crippen molar-refractivity contribution in [2.45, 2.75) is 102 Å². The summed E-state index contributed by atoms with van der Waals surface area (Å²) in [6.07, 6.45) is 7.28. The van der Waals surface area contributed by atoms with E-state index >= 15 is 0 Å². The number of benzene rings is 4. The monoisotopic (exact) mass is 922 g/mol. The average molecular weight is 922 g/mol. The molecule has 0 radical (unpaired) electrons. The largest absolute Gasteiger partial charge is 0.508 e. The van der Waals surface area contributed by atoms with Gasteiger partial charge < -0.3 is 56.2 Å². The Hall–Kier alpha value is -6.13. The number of allylic oxidation sites excluding steroid dienone is 3. The molecule has 3 heterocycles. The van der Waals surface area contributed by atoms with Gasteiger partial charge in [-0.15, -0.1) is 0 Å². The van der Waals surface area contributed by atoms with Crippen LogP contribution in [0.2, 0.25) is 0 Å². The van der Waals surface area contributed by atoms with E-state index in [-0.39, 0.29) is 60.0 Å². The van der Waals surface area contributed by atoms with E-state index in [1.807, 2.05) is 26.2 Å². The van der Waals surface area contributed by atoms with E-state index in [9.17, 15) is 15.0 Å². The summed E-state index contributed by atoms with van der Waals surface area (Å²) < 4.78 is 26.0. The number of nitrogens with one attached hydrogen (secondary N) is 4. The molecule has 1 spiro atoms. The zero-order valence-corrected chi connectivity index (χ0v) is 40.3. The van der Waals surface area contributed by atoms with Crippen molar-refractivity contribution >= 4 is 11.7 Å². The predicted molar refractivity (Wildman–Crippen MR) is 266 cm³/mol. The van der Waals surface area contributed by atoms with Crippen molar-refractivity contribution in [3.05, 3.63) is 117 Å². The number of fused-ring (bicyclic) bond motifs is 6. The van der Waals surface area contributed by atoms with Crippen LogP contribution in [0.25, 0.3) is 11.1 Å². The Balaban J connectivity index is 1.29. The summed E-state index contributed by atoms with van der Waals surface area (Å²) in [7, 11) is 5.39. The lowest BCUT2D eigenvalue weighted by atomic mass is 9.64. The van der Waals surface area contributed by atoms with Crippen LogP contribution in [-0.4, -0.2) is 75.9 Å². The lowest BCUT2D eigenvalue weighted by Gasteiger charge is -2.40. The number of phenolic OH excluding ortho intramolecular Hbond substituents is 2. The molecule has 8 N–H and O–H groups in total. The van der Waals surface area contributed by atoms with Crippen LogP contribution in [0.15, 0.2) is 83.6 Å². The highest BCUT2D eigenvalue weighted by molar-refractivity contribution is 5.84. The van der Waals surface area contributed by atoms with Gasteiger partial charge in [-0.25, -0.2) is 0 Å². The molecule has 3 aliphatic heterocycles. The Morgan fingerprint density at radius 3 is 2.57 bits per heavy atom. The number of rotatable bonds is 15. The minimum absolute atomic E-state index is 0.000497. The number of phenols is 2. The summed E-state index contributed by atoms with van der Waals surface area (Å²) in [6.45, 7) is 7.74. The smallest absolute Gasteiger partial charge is 0.302 e. The fourth-order valence-corrected chi connectivity index (χ4v) is 12.0. The maximum Gasteiger partial charge on any atom is 0.302 e. The van der Waals surface area contributed by atoms with Crippen molar-refractivity contribution in [3.63, 3.8) is 0 Å². The first kappa shape index (κ1) is 47.0. The molecular formula is C56H67N5O7. The minimum Gasteiger partial charge on any atom is -0.508 e. The molecule has 358 valence electrons. The maximum atomic E-state index is 12.7. The summed E-state index contributed by atoms with van der Waals surface area (Å²) in [5, 5.41) is 36.6. The molecule has 1 saturated carbocycles. The van der Waals surface area contributed by atoms with Gasteiger partial charge >= 0.3 is 5.97 Å². The first-order chi connectivity index (χ1) is 33.0.